The Hall–Kier alpha value is -2.06. The van der Waals surface area contributed by atoms with E-state index in [-0.39, 0.29) is 0 Å². The van der Waals surface area contributed by atoms with Gasteiger partial charge < -0.3 is 5.11 Å². The molecule has 1 heterocycles. The normalized spacial score (nSPS) is 30.1. The van der Waals surface area contributed by atoms with Crippen molar-refractivity contribution in [3.8, 4) is 5.75 Å². The van der Waals surface area contributed by atoms with Gasteiger partial charge in [0, 0.05) is 18.0 Å². The molecular formula is C25H29NO. The summed E-state index contributed by atoms with van der Waals surface area (Å²) in [7, 11) is 0. The minimum Gasteiger partial charge on any atom is -0.508 e. The van der Waals surface area contributed by atoms with Gasteiger partial charge >= 0.3 is 0 Å². The monoisotopic (exact) mass is 359 g/mol. The zero-order valence-electron chi connectivity index (χ0n) is 16.0. The first-order valence-corrected chi connectivity index (χ1v) is 10.5. The van der Waals surface area contributed by atoms with Crippen LogP contribution in [0.4, 0.5) is 0 Å². The van der Waals surface area contributed by atoms with Crippen LogP contribution in [0.3, 0.4) is 0 Å². The minimum absolute atomic E-state index is 0.314. The fourth-order valence-electron chi connectivity index (χ4n) is 6.19. The Balaban J connectivity index is 1.43. The molecule has 140 valence electrons. The Morgan fingerprint density at radius 2 is 1.96 bits per heavy atom. The fourth-order valence-corrected chi connectivity index (χ4v) is 6.19. The fraction of sp³-hybridized carbons (Fsp3) is 0.440. The second-order valence-corrected chi connectivity index (χ2v) is 8.68. The molecule has 2 aromatic carbocycles. The maximum atomic E-state index is 10.1. The van der Waals surface area contributed by atoms with Gasteiger partial charge in [-0.2, -0.15) is 0 Å². The lowest BCUT2D eigenvalue weighted by Gasteiger charge is -2.59. The molecule has 2 nitrogen and oxygen atoms in total. The number of phenols is 1. The van der Waals surface area contributed by atoms with E-state index in [0.717, 1.165) is 18.9 Å². The summed E-state index contributed by atoms with van der Waals surface area (Å²) in [5.41, 5.74) is 4.55. The average Bonchev–Trinajstić information content (AvgIpc) is 2.71. The number of fused-ring (bicyclic) bond motifs is 1. The molecule has 0 aromatic heterocycles. The maximum Gasteiger partial charge on any atom is 0.115 e. The molecule has 0 spiro atoms. The first kappa shape index (κ1) is 17.1. The van der Waals surface area contributed by atoms with Gasteiger partial charge in [0.2, 0.25) is 0 Å². The topological polar surface area (TPSA) is 23.5 Å². The summed E-state index contributed by atoms with van der Waals surface area (Å²) in [6.07, 6.45) is 12.3. The van der Waals surface area contributed by atoms with Crippen LogP contribution < -0.4 is 0 Å². The molecule has 5 rings (SSSR count). The van der Waals surface area contributed by atoms with E-state index in [1.54, 1.807) is 0 Å². The molecule has 0 unspecified atom stereocenters. The van der Waals surface area contributed by atoms with Gasteiger partial charge in [-0.25, -0.2) is 0 Å². The maximum absolute atomic E-state index is 10.1. The van der Waals surface area contributed by atoms with E-state index in [9.17, 15) is 5.11 Å². The molecule has 2 bridgehead atoms. The van der Waals surface area contributed by atoms with Crippen molar-refractivity contribution in [3.05, 3.63) is 71.3 Å². The molecule has 2 fully saturated rings. The second-order valence-electron chi connectivity index (χ2n) is 8.68. The van der Waals surface area contributed by atoms with Crippen molar-refractivity contribution >= 4 is 6.08 Å². The number of hydrogen-bond donors (Lipinski definition) is 1. The van der Waals surface area contributed by atoms with Crippen LogP contribution in [0.15, 0.2) is 54.6 Å². The van der Waals surface area contributed by atoms with Crippen molar-refractivity contribution in [2.45, 2.75) is 50.0 Å². The standard InChI is InChI=1S/C25H29NO/c27-21-12-11-20-17-24-22-10-4-5-13-25(22,23(20)18-21)14-16-26(24)15-6-9-19-7-2-1-3-8-19/h1-3,6-9,11-12,18,22,24,27H,4-5,10,13-17H2/b9-6+/t22-,24+,25-/m0/s1. The van der Waals surface area contributed by atoms with Gasteiger partial charge in [-0.15, -0.1) is 0 Å². The van der Waals surface area contributed by atoms with Gasteiger partial charge in [-0.1, -0.05) is 61.4 Å². The predicted octanol–water partition coefficient (Wildman–Crippen LogP) is 5.16. The van der Waals surface area contributed by atoms with Crippen LogP contribution in [0.25, 0.3) is 6.08 Å². The van der Waals surface area contributed by atoms with E-state index in [2.05, 4.69) is 59.5 Å². The smallest absolute Gasteiger partial charge is 0.115 e. The van der Waals surface area contributed by atoms with E-state index in [1.165, 1.54) is 55.3 Å². The quantitative estimate of drug-likeness (QED) is 0.818. The molecular weight excluding hydrogens is 330 g/mol. The van der Waals surface area contributed by atoms with E-state index in [0.29, 0.717) is 17.2 Å². The summed E-state index contributed by atoms with van der Waals surface area (Å²) in [5.74, 6) is 1.19. The zero-order chi connectivity index (χ0) is 18.3. The molecule has 2 heteroatoms. The number of piperidine rings is 1. The molecule has 1 saturated heterocycles. The summed E-state index contributed by atoms with van der Waals surface area (Å²) in [5, 5.41) is 10.1. The van der Waals surface area contributed by atoms with Crippen molar-refractivity contribution in [2.75, 3.05) is 13.1 Å². The van der Waals surface area contributed by atoms with E-state index in [1.807, 2.05) is 6.07 Å². The summed E-state index contributed by atoms with van der Waals surface area (Å²) < 4.78 is 0. The zero-order valence-corrected chi connectivity index (χ0v) is 16.0. The summed E-state index contributed by atoms with van der Waals surface area (Å²) in [6.45, 7) is 2.22. The third-order valence-corrected chi connectivity index (χ3v) is 7.39. The van der Waals surface area contributed by atoms with Crippen LogP contribution in [-0.4, -0.2) is 29.1 Å². The van der Waals surface area contributed by atoms with E-state index >= 15 is 0 Å². The Labute approximate surface area is 162 Å². The van der Waals surface area contributed by atoms with Crippen LogP contribution in [0, 0.1) is 5.92 Å². The number of likely N-dealkylation sites (tertiary alicyclic amines) is 1. The van der Waals surface area contributed by atoms with Gasteiger partial charge in [0.05, 0.1) is 0 Å². The van der Waals surface area contributed by atoms with Crippen molar-refractivity contribution in [2.24, 2.45) is 5.92 Å². The SMILES string of the molecule is Oc1ccc2c(c1)[C@]13CCCC[C@H]1[C@@H](C2)N(C/C=C/c1ccccc1)CC3. The van der Waals surface area contributed by atoms with Gasteiger partial charge in [-0.05, 0) is 67.0 Å². The summed E-state index contributed by atoms with van der Waals surface area (Å²) in [4.78, 5) is 2.73. The number of hydrogen-bond acceptors (Lipinski definition) is 2. The Morgan fingerprint density at radius 1 is 1.07 bits per heavy atom. The van der Waals surface area contributed by atoms with Gasteiger partial charge in [0.25, 0.3) is 0 Å². The highest BCUT2D eigenvalue weighted by atomic mass is 16.3. The first-order chi connectivity index (χ1) is 13.3. The van der Waals surface area contributed by atoms with Gasteiger partial charge in [-0.3, -0.25) is 4.90 Å². The number of phenolic OH excluding ortho intramolecular Hbond substituents is 1. The van der Waals surface area contributed by atoms with Crippen LogP contribution in [-0.2, 0) is 11.8 Å². The highest BCUT2D eigenvalue weighted by molar-refractivity contribution is 5.49. The largest absolute Gasteiger partial charge is 0.508 e. The Bertz CT molecular complexity index is 843. The Morgan fingerprint density at radius 3 is 2.85 bits per heavy atom. The lowest BCUT2D eigenvalue weighted by atomic mass is 9.52. The lowest BCUT2D eigenvalue weighted by molar-refractivity contribution is -0.00513. The molecule has 1 N–H and O–H groups in total. The second kappa shape index (κ2) is 6.83. The minimum atomic E-state index is 0.314. The first-order valence-electron chi connectivity index (χ1n) is 10.5. The molecule has 3 atom stereocenters. The van der Waals surface area contributed by atoms with Crippen molar-refractivity contribution in [3.63, 3.8) is 0 Å². The average molecular weight is 360 g/mol. The number of nitrogens with zero attached hydrogens (tertiary/aromatic N) is 1. The van der Waals surface area contributed by atoms with Crippen LogP contribution in [0.2, 0.25) is 0 Å². The molecule has 2 aliphatic carbocycles. The number of rotatable bonds is 3. The van der Waals surface area contributed by atoms with Crippen molar-refractivity contribution in [1.29, 1.82) is 0 Å². The molecule has 1 aliphatic heterocycles. The van der Waals surface area contributed by atoms with Crippen molar-refractivity contribution in [1.82, 2.24) is 4.90 Å². The van der Waals surface area contributed by atoms with Gasteiger partial charge in [0.1, 0.15) is 5.75 Å². The van der Waals surface area contributed by atoms with E-state index in [4.69, 9.17) is 0 Å². The predicted molar refractivity (Wildman–Crippen MR) is 111 cm³/mol. The highest BCUT2D eigenvalue weighted by Gasteiger charge is 2.53. The van der Waals surface area contributed by atoms with Crippen LogP contribution >= 0.6 is 0 Å². The lowest BCUT2D eigenvalue weighted by Crippen LogP contribution is -2.60. The van der Waals surface area contributed by atoms with E-state index < -0.39 is 0 Å². The third kappa shape index (κ3) is 2.91. The molecule has 2 aromatic rings. The molecule has 1 saturated carbocycles. The van der Waals surface area contributed by atoms with Gasteiger partial charge in [0.15, 0.2) is 0 Å². The molecule has 27 heavy (non-hydrogen) atoms. The summed E-state index contributed by atoms with van der Waals surface area (Å²) >= 11 is 0. The molecule has 0 radical (unpaired) electrons. The molecule has 3 aliphatic rings. The Kier molecular flexibility index (Phi) is 4.32. The van der Waals surface area contributed by atoms with Crippen molar-refractivity contribution < 1.29 is 5.11 Å². The summed E-state index contributed by atoms with van der Waals surface area (Å²) in [6, 6.07) is 17.4. The molecule has 0 amide bonds. The number of benzene rings is 2. The highest BCUT2D eigenvalue weighted by Crippen LogP contribution is 2.56. The third-order valence-electron chi connectivity index (χ3n) is 7.39. The van der Waals surface area contributed by atoms with Crippen LogP contribution in [0.1, 0.15) is 48.8 Å². The number of aromatic hydroxyl groups is 1. The van der Waals surface area contributed by atoms with Crippen LogP contribution in [0.5, 0.6) is 5.75 Å².